The van der Waals surface area contributed by atoms with Gasteiger partial charge in [-0.25, -0.2) is 8.78 Å². The molecule has 4 nitrogen and oxygen atoms in total. The summed E-state index contributed by atoms with van der Waals surface area (Å²) in [5, 5.41) is 3.14. The minimum absolute atomic E-state index is 0.178. The van der Waals surface area contributed by atoms with Crippen LogP contribution < -0.4 is 11.1 Å². The van der Waals surface area contributed by atoms with Gasteiger partial charge in [0.15, 0.2) is 5.96 Å². The Bertz CT molecular complexity index is 231. The normalized spacial score (nSPS) is 18.6. The fourth-order valence-corrected chi connectivity index (χ4v) is 1.90. The number of hydrogen-bond acceptors (Lipinski definition) is 2. The molecule has 0 saturated heterocycles. The summed E-state index contributed by atoms with van der Waals surface area (Å²) in [5.74, 6) is 0.387. The molecule has 0 atom stereocenters. The van der Waals surface area contributed by atoms with Gasteiger partial charge in [0, 0.05) is 6.04 Å². The van der Waals surface area contributed by atoms with E-state index in [-0.39, 0.29) is 6.61 Å². The number of alkyl halides is 2. The molecule has 0 unspecified atom stereocenters. The maximum atomic E-state index is 11.7. The van der Waals surface area contributed by atoms with E-state index in [9.17, 15) is 8.78 Å². The van der Waals surface area contributed by atoms with Crippen LogP contribution in [0.1, 0.15) is 32.1 Å². The lowest BCUT2D eigenvalue weighted by atomic mass is 9.96. The molecule has 1 aliphatic rings. The van der Waals surface area contributed by atoms with Crippen molar-refractivity contribution < 1.29 is 13.5 Å². The molecule has 3 N–H and O–H groups in total. The van der Waals surface area contributed by atoms with E-state index in [0.29, 0.717) is 18.5 Å². The first-order chi connectivity index (χ1) is 8.18. The fourth-order valence-electron chi connectivity index (χ4n) is 1.90. The first kappa shape index (κ1) is 14.2. The van der Waals surface area contributed by atoms with Gasteiger partial charge in [-0.05, 0) is 12.8 Å². The van der Waals surface area contributed by atoms with Crippen molar-refractivity contribution in [3.63, 3.8) is 0 Å². The molecule has 0 spiro atoms. The number of guanidine groups is 1. The molecule has 0 aromatic carbocycles. The smallest absolute Gasteiger partial charge is 0.261 e. The van der Waals surface area contributed by atoms with E-state index >= 15 is 0 Å². The number of aliphatic imine (C=N–C) groups is 1. The predicted molar refractivity (Wildman–Crippen MR) is 63.3 cm³/mol. The van der Waals surface area contributed by atoms with Crippen LogP contribution in [-0.4, -0.2) is 38.2 Å². The van der Waals surface area contributed by atoms with Gasteiger partial charge in [-0.15, -0.1) is 0 Å². The Morgan fingerprint density at radius 1 is 1.35 bits per heavy atom. The van der Waals surface area contributed by atoms with Gasteiger partial charge in [-0.1, -0.05) is 19.3 Å². The quantitative estimate of drug-likeness (QED) is 0.426. The van der Waals surface area contributed by atoms with Crippen LogP contribution in [0.3, 0.4) is 0 Å². The van der Waals surface area contributed by atoms with Crippen molar-refractivity contribution in [2.24, 2.45) is 10.7 Å². The van der Waals surface area contributed by atoms with E-state index in [1.807, 2.05) is 0 Å². The molecule has 1 fully saturated rings. The molecule has 0 aromatic heterocycles. The Labute approximate surface area is 101 Å². The average Bonchev–Trinajstić information content (AvgIpc) is 2.29. The van der Waals surface area contributed by atoms with Crippen LogP contribution in [0, 0.1) is 0 Å². The molecule has 100 valence electrons. The summed E-state index contributed by atoms with van der Waals surface area (Å²) in [5.41, 5.74) is 5.68. The third-order valence-electron chi connectivity index (χ3n) is 2.72. The topological polar surface area (TPSA) is 59.6 Å². The Balaban J connectivity index is 2.07. The predicted octanol–water partition coefficient (Wildman–Crippen LogP) is 1.51. The van der Waals surface area contributed by atoms with Crippen molar-refractivity contribution in [2.45, 2.75) is 44.6 Å². The van der Waals surface area contributed by atoms with Crippen molar-refractivity contribution in [1.82, 2.24) is 5.32 Å². The van der Waals surface area contributed by atoms with Crippen LogP contribution in [-0.2, 0) is 4.74 Å². The molecule has 0 amide bonds. The number of ether oxygens (including phenoxy) is 1. The zero-order valence-electron chi connectivity index (χ0n) is 10.0. The number of nitrogens with two attached hydrogens (primary N) is 1. The van der Waals surface area contributed by atoms with Crippen LogP contribution in [0.5, 0.6) is 0 Å². The summed E-state index contributed by atoms with van der Waals surface area (Å²) in [6, 6.07) is 0.412. The van der Waals surface area contributed by atoms with Gasteiger partial charge in [0.25, 0.3) is 6.43 Å². The molecule has 1 saturated carbocycles. The number of hydrogen-bond donors (Lipinski definition) is 2. The van der Waals surface area contributed by atoms with Crippen LogP contribution in [0.25, 0.3) is 0 Å². The SMILES string of the molecule is NC(=NCCOCC(F)F)NC1CCCCC1. The lowest BCUT2D eigenvalue weighted by Crippen LogP contribution is -2.41. The summed E-state index contributed by atoms with van der Waals surface area (Å²) in [7, 11) is 0. The Kier molecular flexibility index (Phi) is 6.84. The van der Waals surface area contributed by atoms with E-state index in [1.54, 1.807) is 0 Å². The summed E-state index contributed by atoms with van der Waals surface area (Å²) >= 11 is 0. The van der Waals surface area contributed by atoms with Crippen molar-refractivity contribution in [3.05, 3.63) is 0 Å². The van der Waals surface area contributed by atoms with E-state index in [0.717, 1.165) is 12.8 Å². The molecule has 0 aliphatic heterocycles. The molecule has 0 aromatic rings. The van der Waals surface area contributed by atoms with Crippen molar-refractivity contribution >= 4 is 5.96 Å². The van der Waals surface area contributed by atoms with Crippen molar-refractivity contribution in [3.8, 4) is 0 Å². The second-order valence-electron chi connectivity index (χ2n) is 4.21. The van der Waals surface area contributed by atoms with Gasteiger partial charge >= 0.3 is 0 Å². The monoisotopic (exact) mass is 249 g/mol. The Morgan fingerprint density at radius 3 is 2.71 bits per heavy atom. The molecule has 6 heteroatoms. The van der Waals surface area contributed by atoms with Gasteiger partial charge < -0.3 is 15.8 Å². The maximum Gasteiger partial charge on any atom is 0.261 e. The maximum absolute atomic E-state index is 11.7. The van der Waals surface area contributed by atoms with Gasteiger partial charge in [-0.2, -0.15) is 0 Å². The van der Waals surface area contributed by atoms with Crippen LogP contribution in [0.15, 0.2) is 4.99 Å². The highest BCUT2D eigenvalue weighted by atomic mass is 19.3. The van der Waals surface area contributed by atoms with Gasteiger partial charge in [-0.3, -0.25) is 4.99 Å². The summed E-state index contributed by atoms with van der Waals surface area (Å²) < 4.78 is 28.2. The number of rotatable bonds is 6. The third kappa shape index (κ3) is 7.10. The number of halogens is 2. The summed E-state index contributed by atoms with van der Waals surface area (Å²) in [6.45, 7) is -0.0405. The first-order valence-electron chi connectivity index (χ1n) is 6.11. The molecule has 1 aliphatic carbocycles. The Hall–Kier alpha value is -0.910. The van der Waals surface area contributed by atoms with Crippen molar-refractivity contribution in [1.29, 1.82) is 0 Å². The minimum Gasteiger partial charge on any atom is -0.374 e. The standard InChI is InChI=1S/C11H21F2N3O/c12-10(13)8-17-7-6-15-11(14)16-9-4-2-1-3-5-9/h9-10H,1-8H2,(H3,14,15,16). The highest BCUT2D eigenvalue weighted by Crippen LogP contribution is 2.16. The van der Waals surface area contributed by atoms with E-state index < -0.39 is 13.0 Å². The zero-order valence-corrected chi connectivity index (χ0v) is 10.0. The molecule has 1 rings (SSSR count). The van der Waals surface area contributed by atoms with Crippen molar-refractivity contribution in [2.75, 3.05) is 19.8 Å². The minimum atomic E-state index is -2.42. The van der Waals surface area contributed by atoms with E-state index in [1.165, 1.54) is 19.3 Å². The molecular weight excluding hydrogens is 228 g/mol. The molecule has 0 radical (unpaired) electrons. The van der Waals surface area contributed by atoms with E-state index in [2.05, 4.69) is 10.3 Å². The largest absolute Gasteiger partial charge is 0.374 e. The number of nitrogens with one attached hydrogen (secondary N) is 1. The second kappa shape index (κ2) is 8.22. The Morgan fingerprint density at radius 2 is 2.06 bits per heavy atom. The van der Waals surface area contributed by atoms with Crippen LogP contribution >= 0.6 is 0 Å². The molecule has 0 bridgehead atoms. The third-order valence-corrected chi connectivity index (χ3v) is 2.72. The molecule has 0 heterocycles. The number of nitrogens with zero attached hydrogens (tertiary/aromatic N) is 1. The lowest BCUT2D eigenvalue weighted by molar-refractivity contribution is 0.0207. The molecule has 17 heavy (non-hydrogen) atoms. The van der Waals surface area contributed by atoms with Gasteiger partial charge in [0.2, 0.25) is 0 Å². The lowest BCUT2D eigenvalue weighted by Gasteiger charge is -2.23. The highest BCUT2D eigenvalue weighted by molar-refractivity contribution is 5.78. The molecular formula is C11H21F2N3O. The summed E-state index contributed by atoms with van der Waals surface area (Å²) in [6.07, 6.45) is 3.56. The zero-order chi connectivity index (χ0) is 12.5. The van der Waals surface area contributed by atoms with Crippen LogP contribution in [0.4, 0.5) is 8.78 Å². The van der Waals surface area contributed by atoms with E-state index in [4.69, 9.17) is 10.5 Å². The summed E-state index contributed by atoms with van der Waals surface area (Å²) in [4.78, 5) is 4.03. The highest BCUT2D eigenvalue weighted by Gasteiger charge is 2.13. The average molecular weight is 249 g/mol. The van der Waals surface area contributed by atoms with Crippen LogP contribution in [0.2, 0.25) is 0 Å². The second-order valence-corrected chi connectivity index (χ2v) is 4.21. The van der Waals surface area contributed by atoms with Gasteiger partial charge in [0.05, 0.1) is 13.2 Å². The first-order valence-corrected chi connectivity index (χ1v) is 6.11. The van der Waals surface area contributed by atoms with Gasteiger partial charge in [0.1, 0.15) is 6.61 Å². The fraction of sp³-hybridized carbons (Fsp3) is 0.909.